The summed E-state index contributed by atoms with van der Waals surface area (Å²) < 4.78 is 26.4. The van der Waals surface area contributed by atoms with Gasteiger partial charge in [-0.05, 0) is 20.3 Å². The smallest absolute Gasteiger partial charge is 0.289 e. The second-order valence-corrected chi connectivity index (χ2v) is 9.08. The minimum absolute atomic E-state index is 0.119. The fourth-order valence-electron chi connectivity index (χ4n) is 3.06. The molecule has 5 nitrogen and oxygen atoms in total. The Morgan fingerprint density at radius 3 is 1.59 bits per heavy atom. The second-order valence-electron chi connectivity index (χ2n) is 7.41. The van der Waals surface area contributed by atoms with Gasteiger partial charge in [-0.15, -0.1) is 4.67 Å². The van der Waals surface area contributed by atoms with Crippen LogP contribution in [0.15, 0.2) is 0 Å². The highest BCUT2D eigenvalue weighted by Crippen LogP contribution is 2.48. The summed E-state index contributed by atoms with van der Waals surface area (Å²) in [5.41, 5.74) is 0. The van der Waals surface area contributed by atoms with E-state index < -0.39 is 7.82 Å². The largest absolute Gasteiger partial charge is 0.501 e. The Morgan fingerprint density at radius 1 is 0.741 bits per heavy atom. The van der Waals surface area contributed by atoms with E-state index in [9.17, 15) is 4.57 Å². The lowest BCUT2D eigenvalue weighted by molar-refractivity contribution is -0.257. The van der Waals surface area contributed by atoms with Crippen molar-refractivity contribution in [3.05, 3.63) is 0 Å². The fourth-order valence-corrected chi connectivity index (χ4v) is 3.84. The summed E-state index contributed by atoms with van der Waals surface area (Å²) in [5, 5.41) is 0. The van der Waals surface area contributed by atoms with Crippen molar-refractivity contribution in [3.63, 3.8) is 0 Å². The Bertz CT molecular complexity index is 351. The highest BCUT2D eigenvalue weighted by Gasteiger charge is 2.26. The molecule has 0 fully saturated rings. The van der Waals surface area contributed by atoms with E-state index in [1.807, 2.05) is 6.92 Å². The molecule has 0 saturated heterocycles. The number of phosphoric acid groups is 1. The van der Waals surface area contributed by atoms with Crippen LogP contribution in [0.5, 0.6) is 0 Å². The summed E-state index contributed by atoms with van der Waals surface area (Å²) >= 11 is 0. The number of hydrogen-bond acceptors (Lipinski definition) is 5. The van der Waals surface area contributed by atoms with Crippen LogP contribution in [-0.2, 0) is 23.2 Å². The van der Waals surface area contributed by atoms with Gasteiger partial charge in [0, 0.05) is 7.11 Å². The lowest BCUT2D eigenvalue weighted by atomic mass is 10.0. The van der Waals surface area contributed by atoms with Crippen LogP contribution in [0.3, 0.4) is 0 Å². The van der Waals surface area contributed by atoms with Gasteiger partial charge in [0.05, 0.1) is 12.7 Å². The quantitative estimate of drug-likeness (QED) is 0.0833. The molecule has 164 valence electrons. The molecule has 0 aliphatic heterocycles. The molecule has 0 amide bonds. The van der Waals surface area contributed by atoms with Gasteiger partial charge >= 0.3 is 7.82 Å². The van der Waals surface area contributed by atoms with Gasteiger partial charge in [-0.25, -0.2) is 9.45 Å². The molecule has 0 aliphatic carbocycles. The first-order chi connectivity index (χ1) is 13.1. The second kappa shape index (κ2) is 19.4. The molecule has 2 atom stereocenters. The molecule has 0 radical (unpaired) electrons. The highest BCUT2D eigenvalue weighted by molar-refractivity contribution is 7.48. The van der Waals surface area contributed by atoms with E-state index in [4.69, 9.17) is 18.6 Å². The minimum atomic E-state index is -3.55. The first-order valence-electron chi connectivity index (χ1n) is 11.2. The van der Waals surface area contributed by atoms with Gasteiger partial charge in [-0.1, -0.05) is 96.8 Å². The average Bonchev–Trinajstić information content (AvgIpc) is 2.67. The van der Waals surface area contributed by atoms with E-state index in [0.717, 1.165) is 12.8 Å². The molecule has 0 bridgehead atoms. The van der Waals surface area contributed by atoms with Crippen LogP contribution in [0.25, 0.3) is 0 Å². The van der Waals surface area contributed by atoms with Gasteiger partial charge in [-0.3, -0.25) is 9.05 Å². The van der Waals surface area contributed by atoms with Gasteiger partial charge in [0.1, 0.15) is 0 Å². The molecule has 27 heavy (non-hydrogen) atoms. The van der Waals surface area contributed by atoms with E-state index in [2.05, 4.69) is 6.92 Å². The van der Waals surface area contributed by atoms with Crippen LogP contribution in [-0.4, -0.2) is 19.8 Å². The van der Waals surface area contributed by atoms with Gasteiger partial charge in [-0.2, -0.15) is 0 Å². The Kier molecular flexibility index (Phi) is 19.4. The Morgan fingerprint density at radius 2 is 1.19 bits per heavy atom. The van der Waals surface area contributed by atoms with Gasteiger partial charge in [0.2, 0.25) is 0 Å². The molecule has 0 aromatic heterocycles. The molecule has 2 unspecified atom stereocenters. The zero-order valence-electron chi connectivity index (χ0n) is 18.4. The maximum Gasteiger partial charge on any atom is 0.501 e. The van der Waals surface area contributed by atoms with E-state index in [0.29, 0.717) is 0 Å². The van der Waals surface area contributed by atoms with Gasteiger partial charge < -0.3 is 0 Å². The molecular weight excluding hydrogens is 363 g/mol. The molecule has 6 heteroatoms. The van der Waals surface area contributed by atoms with Crippen LogP contribution in [0.2, 0.25) is 0 Å². The van der Waals surface area contributed by atoms with Crippen molar-refractivity contribution in [1.29, 1.82) is 0 Å². The Hall–Kier alpha value is 0.0700. The number of phosphoric ester groups is 1. The molecule has 0 heterocycles. The molecule has 0 spiro atoms. The molecular formula is C21H45O5P. The van der Waals surface area contributed by atoms with Crippen molar-refractivity contribution < 1.29 is 23.2 Å². The summed E-state index contributed by atoms with van der Waals surface area (Å²) in [4.78, 5) is 5.15. The summed E-state index contributed by atoms with van der Waals surface area (Å²) in [6.07, 6.45) is 19.6. The normalized spacial score (nSPS) is 15.0. The Labute approximate surface area is 168 Å². The number of unbranched alkanes of at least 4 members (excludes halogenated alkanes) is 13. The van der Waals surface area contributed by atoms with E-state index >= 15 is 0 Å². The monoisotopic (exact) mass is 408 g/mol. The topological polar surface area (TPSA) is 54.0 Å². The zero-order valence-corrected chi connectivity index (χ0v) is 19.3. The fraction of sp³-hybridized carbons (Fsp3) is 1.00. The van der Waals surface area contributed by atoms with Crippen LogP contribution in [0.1, 0.15) is 117 Å². The third kappa shape index (κ3) is 17.9. The summed E-state index contributed by atoms with van der Waals surface area (Å²) in [6.45, 7) is 6.16. The molecule has 0 aromatic carbocycles. The van der Waals surface area contributed by atoms with Crippen LogP contribution in [0.4, 0.5) is 0 Å². The molecule has 0 rings (SSSR count). The summed E-state index contributed by atoms with van der Waals surface area (Å²) in [6, 6.07) is 0. The first-order valence-corrected chi connectivity index (χ1v) is 12.7. The summed E-state index contributed by atoms with van der Waals surface area (Å²) in [7, 11) is -2.26. The number of rotatable bonds is 21. The van der Waals surface area contributed by atoms with E-state index in [1.54, 1.807) is 6.92 Å². The molecule has 0 N–H and O–H groups in total. The molecule has 0 saturated carbocycles. The average molecular weight is 409 g/mol. The molecule has 0 aliphatic rings. The van der Waals surface area contributed by atoms with Gasteiger partial charge in [0.25, 0.3) is 0 Å². The highest BCUT2D eigenvalue weighted by atomic mass is 31.2. The first kappa shape index (κ1) is 27.1. The van der Waals surface area contributed by atoms with Gasteiger partial charge in [0.15, 0.2) is 0 Å². The Balaban J connectivity index is 3.35. The van der Waals surface area contributed by atoms with Crippen molar-refractivity contribution in [2.45, 2.75) is 123 Å². The van der Waals surface area contributed by atoms with Crippen molar-refractivity contribution in [3.8, 4) is 0 Å². The summed E-state index contributed by atoms with van der Waals surface area (Å²) in [5.74, 6) is 0. The van der Waals surface area contributed by atoms with Crippen molar-refractivity contribution >= 4 is 7.82 Å². The zero-order chi connectivity index (χ0) is 20.2. The van der Waals surface area contributed by atoms with Crippen molar-refractivity contribution in [2.24, 2.45) is 0 Å². The standard InChI is InChI=1S/C21H45O5P/c1-5-7-8-9-10-11-12-13-14-15-16-17-18-19-20-21(3)25-26-27(22,23-4)24-6-2/h21H,5-20H2,1-4H3. The van der Waals surface area contributed by atoms with Crippen LogP contribution >= 0.6 is 7.82 Å². The third-order valence-corrected chi connectivity index (χ3v) is 6.06. The maximum atomic E-state index is 11.9. The van der Waals surface area contributed by atoms with E-state index in [1.165, 1.54) is 90.6 Å². The minimum Gasteiger partial charge on any atom is -0.289 e. The van der Waals surface area contributed by atoms with Crippen molar-refractivity contribution in [2.75, 3.05) is 13.7 Å². The SMILES string of the molecule is CCCCCCCCCCCCCCCCC(C)OOP(=O)(OC)OCC. The predicted molar refractivity (Wildman–Crippen MR) is 113 cm³/mol. The lowest BCUT2D eigenvalue weighted by Gasteiger charge is -2.16. The van der Waals surface area contributed by atoms with Crippen LogP contribution in [0, 0.1) is 0 Å². The third-order valence-electron chi connectivity index (χ3n) is 4.77. The van der Waals surface area contributed by atoms with E-state index in [-0.39, 0.29) is 12.7 Å². The lowest BCUT2D eigenvalue weighted by Crippen LogP contribution is -2.09. The molecule has 0 aromatic rings. The van der Waals surface area contributed by atoms with Crippen LogP contribution < -0.4 is 0 Å². The maximum absolute atomic E-state index is 11.9. The number of hydrogen-bond donors (Lipinski definition) is 0. The van der Waals surface area contributed by atoms with Crippen molar-refractivity contribution in [1.82, 2.24) is 0 Å². The predicted octanol–water partition coefficient (Wildman–Crippen LogP) is 7.99.